The summed E-state index contributed by atoms with van der Waals surface area (Å²) < 4.78 is 34.2. The van der Waals surface area contributed by atoms with Crippen LogP contribution in [0.2, 0.25) is 0 Å². The molecule has 0 aliphatic carbocycles. The van der Waals surface area contributed by atoms with Gasteiger partial charge >= 0.3 is 5.97 Å². The quantitative estimate of drug-likeness (QED) is 0.156. The van der Waals surface area contributed by atoms with E-state index in [4.69, 9.17) is 4.74 Å². The number of carbonyl (C=O) groups excluding carboxylic acids is 1. The average molecular weight is 539 g/mol. The van der Waals surface area contributed by atoms with Crippen LogP contribution in [0, 0.1) is 5.41 Å². The highest BCUT2D eigenvalue weighted by Gasteiger charge is 2.24. The molecule has 0 unspecified atom stereocenters. The molecule has 0 fully saturated rings. The fourth-order valence-corrected chi connectivity index (χ4v) is 5.85. The van der Waals surface area contributed by atoms with Gasteiger partial charge in [0.1, 0.15) is 5.75 Å². The van der Waals surface area contributed by atoms with Crippen molar-refractivity contribution < 1.29 is 17.9 Å². The number of hydrogen-bond acceptors (Lipinski definition) is 7. The maximum absolute atomic E-state index is 13.1. The van der Waals surface area contributed by atoms with E-state index in [9.17, 15) is 13.2 Å². The van der Waals surface area contributed by atoms with Gasteiger partial charge in [-0.15, -0.1) is 11.8 Å². The van der Waals surface area contributed by atoms with E-state index in [1.54, 1.807) is 32.5 Å². The molecule has 3 aromatic carbocycles. The second-order valence-corrected chi connectivity index (χ2v) is 12.6. The Morgan fingerprint density at radius 1 is 0.917 bits per heavy atom. The molecule has 1 heterocycles. The Balaban J connectivity index is 1.63. The van der Waals surface area contributed by atoms with Crippen LogP contribution >= 0.6 is 23.1 Å². The van der Waals surface area contributed by atoms with E-state index >= 15 is 0 Å². The normalized spacial score (nSPS) is 11.8. The van der Waals surface area contributed by atoms with Crippen LogP contribution in [0.3, 0.4) is 0 Å². The van der Waals surface area contributed by atoms with Gasteiger partial charge in [0.2, 0.25) is 0 Å². The molecule has 9 heteroatoms. The van der Waals surface area contributed by atoms with Crippen LogP contribution < -0.4 is 9.46 Å². The van der Waals surface area contributed by atoms with Crippen molar-refractivity contribution in [2.75, 3.05) is 11.0 Å². The number of sulfonamides is 1. The topological polar surface area (TPSA) is 85.4 Å². The molecule has 4 aromatic rings. The summed E-state index contributed by atoms with van der Waals surface area (Å²) >= 11 is 2.93. The maximum Gasteiger partial charge on any atom is 0.316 e. The third kappa shape index (κ3) is 5.98. The van der Waals surface area contributed by atoms with Gasteiger partial charge in [-0.3, -0.25) is 9.52 Å². The number of aromatic nitrogens is 1. The van der Waals surface area contributed by atoms with Gasteiger partial charge in [0.25, 0.3) is 10.0 Å². The molecule has 36 heavy (non-hydrogen) atoms. The van der Waals surface area contributed by atoms with Gasteiger partial charge in [-0.1, -0.05) is 53.8 Å². The van der Waals surface area contributed by atoms with Crippen molar-refractivity contribution in [2.24, 2.45) is 5.41 Å². The standard InChI is InChI=1S/C27H26N2O4S3/c1-27(2,3)25(30)33-20-12-16-22(17-13-20)36(31,32)29-26-28-23(18-10-14-21(34-4)15-11-18)24(35-26)19-8-6-5-7-9-19/h5-17H,1-4H3,(H,28,29). The van der Waals surface area contributed by atoms with Gasteiger partial charge in [0.15, 0.2) is 5.13 Å². The molecule has 0 amide bonds. The molecule has 0 aliphatic rings. The number of rotatable bonds is 7. The van der Waals surface area contributed by atoms with E-state index in [0.717, 1.165) is 20.9 Å². The van der Waals surface area contributed by atoms with Crippen molar-refractivity contribution in [3.63, 3.8) is 0 Å². The highest BCUT2D eigenvalue weighted by atomic mass is 32.2. The summed E-state index contributed by atoms with van der Waals surface area (Å²) in [5, 5.41) is 0.265. The third-order valence-corrected chi connectivity index (χ3v) is 8.45. The fraction of sp³-hybridized carbons (Fsp3) is 0.185. The molecule has 0 radical (unpaired) electrons. The van der Waals surface area contributed by atoms with Crippen molar-refractivity contribution >= 4 is 44.2 Å². The Labute approximate surface area is 219 Å². The van der Waals surface area contributed by atoms with Gasteiger partial charge in [0.05, 0.1) is 20.9 Å². The van der Waals surface area contributed by atoms with E-state index in [0.29, 0.717) is 5.69 Å². The number of carbonyl (C=O) groups is 1. The molecular weight excluding hydrogens is 513 g/mol. The number of nitrogens with zero attached hydrogens (tertiary/aromatic N) is 1. The Hall–Kier alpha value is -3.14. The summed E-state index contributed by atoms with van der Waals surface area (Å²) in [6.07, 6.45) is 2.02. The molecule has 4 rings (SSSR count). The Morgan fingerprint density at radius 3 is 2.14 bits per heavy atom. The number of esters is 1. The van der Waals surface area contributed by atoms with Crippen LogP contribution in [0.15, 0.2) is 88.7 Å². The Bertz CT molecular complexity index is 1460. The van der Waals surface area contributed by atoms with Crippen molar-refractivity contribution in [3.05, 3.63) is 78.9 Å². The zero-order valence-electron chi connectivity index (χ0n) is 20.3. The van der Waals surface area contributed by atoms with E-state index in [2.05, 4.69) is 9.71 Å². The third-order valence-electron chi connectivity index (χ3n) is 5.21. The first kappa shape index (κ1) is 25.9. The molecular formula is C27H26N2O4S3. The number of nitrogens with one attached hydrogen (secondary N) is 1. The second kappa shape index (κ2) is 10.5. The van der Waals surface area contributed by atoms with Crippen molar-refractivity contribution in [1.82, 2.24) is 4.98 Å². The summed E-state index contributed by atoms with van der Waals surface area (Å²) in [4.78, 5) is 18.8. The van der Waals surface area contributed by atoms with Crippen LogP contribution in [0.4, 0.5) is 5.13 Å². The molecule has 0 atom stereocenters. The highest BCUT2D eigenvalue weighted by Crippen LogP contribution is 2.40. The minimum Gasteiger partial charge on any atom is -0.426 e. The van der Waals surface area contributed by atoms with Crippen LogP contribution in [-0.4, -0.2) is 25.6 Å². The number of anilines is 1. The monoisotopic (exact) mass is 538 g/mol. The van der Waals surface area contributed by atoms with Crippen LogP contribution in [0.1, 0.15) is 20.8 Å². The average Bonchev–Trinajstić information content (AvgIpc) is 3.27. The van der Waals surface area contributed by atoms with Crippen molar-refractivity contribution in [3.8, 4) is 27.4 Å². The molecule has 1 N–H and O–H groups in total. The Kier molecular flexibility index (Phi) is 7.54. The summed E-state index contributed by atoms with van der Waals surface area (Å²) in [6, 6.07) is 23.5. The minimum atomic E-state index is -3.91. The molecule has 0 aliphatic heterocycles. The first-order valence-corrected chi connectivity index (χ1v) is 14.6. The number of thioether (sulfide) groups is 1. The zero-order valence-corrected chi connectivity index (χ0v) is 22.8. The van der Waals surface area contributed by atoms with Gasteiger partial charge in [-0.05, 0) is 69.0 Å². The molecule has 0 saturated carbocycles. The first-order chi connectivity index (χ1) is 17.1. The predicted octanol–water partition coefficient (Wildman–Crippen LogP) is 6.95. The number of ether oxygens (including phenoxy) is 1. The molecule has 6 nitrogen and oxygen atoms in total. The van der Waals surface area contributed by atoms with Crippen LogP contribution in [0.25, 0.3) is 21.7 Å². The SMILES string of the molecule is CSc1ccc(-c2nc(NS(=O)(=O)c3ccc(OC(=O)C(C)(C)C)cc3)sc2-c2ccccc2)cc1. The van der Waals surface area contributed by atoms with Crippen molar-refractivity contribution in [1.29, 1.82) is 0 Å². The van der Waals surface area contributed by atoms with E-state index < -0.39 is 21.4 Å². The van der Waals surface area contributed by atoms with E-state index in [-0.39, 0.29) is 15.8 Å². The lowest BCUT2D eigenvalue weighted by Gasteiger charge is -2.16. The zero-order chi connectivity index (χ0) is 25.9. The lowest BCUT2D eigenvalue weighted by Crippen LogP contribution is -2.25. The molecule has 186 valence electrons. The lowest BCUT2D eigenvalue weighted by molar-refractivity contribution is -0.143. The van der Waals surface area contributed by atoms with E-state index in [1.165, 1.54) is 35.6 Å². The fourth-order valence-electron chi connectivity index (χ4n) is 3.21. The van der Waals surface area contributed by atoms with Gasteiger partial charge in [-0.25, -0.2) is 13.4 Å². The molecule has 1 aromatic heterocycles. The van der Waals surface area contributed by atoms with Crippen LogP contribution in [-0.2, 0) is 14.8 Å². The largest absolute Gasteiger partial charge is 0.426 e. The first-order valence-electron chi connectivity index (χ1n) is 11.1. The van der Waals surface area contributed by atoms with Gasteiger partial charge in [0, 0.05) is 10.5 Å². The minimum absolute atomic E-state index is 0.0420. The summed E-state index contributed by atoms with van der Waals surface area (Å²) in [5.74, 6) is -0.115. The van der Waals surface area contributed by atoms with Gasteiger partial charge < -0.3 is 4.74 Å². The van der Waals surface area contributed by atoms with E-state index in [1.807, 2.05) is 60.9 Å². The molecule has 0 bridgehead atoms. The lowest BCUT2D eigenvalue weighted by atomic mass is 9.97. The van der Waals surface area contributed by atoms with Gasteiger partial charge in [-0.2, -0.15) is 0 Å². The summed E-state index contributed by atoms with van der Waals surface area (Å²) in [7, 11) is -3.91. The predicted molar refractivity (Wildman–Crippen MR) is 147 cm³/mol. The number of thiazole rings is 1. The van der Waals surface area contributed by atoms with Crippen LogP contribution in [0.5, 0.6) is 5.75 Å². The molecule has 0 spiro atoms. The molecule has 0 saturated heterocycles. The second-order valence-electron chi connectivity index (χ2n) is 9.01. The Morgan fingerprint density at radius 2 is 1.56 bits per heavy atom. The smallest absolute Gasteiger partial charge is 0.316 e. The number of benzene rings is 3. The van der Waals surface area contributed by atoms with Crippen molar-refractivity contribution in [2.45, 2.75) is 30.6 Å². The highest BCUT2D eigenvalue weighted by molar-refractivity contribution is 7.98. The summed E-state index contributed by atoms with van der Waals surface area (Å²) in [5.41, 5.74) is 1.90. The maximum atomic E-state index is 13.1. The summed E-state index contributed by atoms with van der Waals surface area (Å²) in [6.45, 7) is 5.25. The number of hydrogen-bond donors (Lipinski definition) is 1.